The van der Waals surface area contributed by atoms with E-state index in [4.69, 9.17) is 10.8 Å². The van der Waals surface area contributed by atoms with Gasteiger partial charge in [-0.05, 0) is 30.5 Å². The van der Waals surface area contributed by atoms with Crippen molar-refractivity contribution in [2.24, 2.45) is 11.7 Å². The number of phenols is 2. The van der Waals surface area contributed by atoms with E-state index in [0.717, 1.165) is 0 Å². The summed E-state index contributed by atoms with van der Waals surface area (Å²) in [6, 6.07) is 4.21. The minimum Gasteiger partial charge on any atom is -0.508 e. The van der Waals surface area contributed by atoms with E-state index in [2.05, 4.69) is 0 Å². The summed E-state index contributed by atoms with van der Waals surface area (Å²) in [5, 5.41) is 27.9. The predicted octanol–water partition coefficient (Wildman–Crippen LogP) is 1.25. The van der Waals surface area contributed by atoms with Gasteiger partial charge in [0.05, 0.1) is 5.92 Å². The van der Waals surface area contributed by atoms with E-state index < -0.39 is 11.9 Å². The quantitative estimate of drug-likeness (QED) is 0.579. The molecule has 94 valence electrons. The second-order valence-electron chi connectivity index (χ2n) is 4.15. The molecule has 5 nitrogen and oxygen atoms in total. The zero-order valence-corrected chi connectivity index (χ0v) is 9.63. The summed E-state index contributed by atoms with van der Waals surface area (Å²) in [5.41, 5.74) is 5.91. The van der Waals surface area contributed by atoms with E-state index in [1.54, 1.807) is 6.92 Å². The molecule has 2 unspecified atom stereocenters. The number of hydrogen-bond donors (Lipinski definition) is 4. The Bertz CT molecular complexity index is 405. The van der Waals surface area contributed by atoms with Crippen molar-refractivity contribution in [2.45, 2.75) is 19.3 Å². The maximum atomic E-state index is 10.9. The van der Waals surface area contributed by atoms with Crippen molar-refractivity contribution in [3.8, 4) is 11.5 Å². The number of carboxylic acids is 1. The number of carbonyl (C=O) groups is 1. The Morgan fingerprint density at radius 1 is 1.41 bits per heavy atom. The average molecular weight is 239 g/mol. The van der Waals surface area contributed by atoms with Crippen LogP contribution in [0.15, 0.2) is 18.2 Å². The van der Waals surface area contributed by atoms with Crippen molar-refractivity contribution in [3.05, 3.63) is 23.8 Å². The minimum absolute atomic E-state index is 0.0456. The monoisotopic (exact) mass is 239 g/mol. The van der Waals surface area contributed by atoms with Crippen LogP contribution < -0.4 is 5.73 Å². The van der Waals surface area contributed by atoms with Gasteiger partial charge in [-0.2, -0.15) is 0 Å². The van der Waals surface area contributed by atoms with Crippen LogP contribution in [0.1, 0.15) is 24.8 Å². The molecule has 0 aliphatic heterocycles. The molecule has 0 heterocycles. The predicted molar refractivity (Wildman–Crippen MR) is 63.0 cm³/mol. The maximum absolute atomic E-state index is 10.9. The lowest BCUT2D eigenvalue weighted by Crippen LogP contribution is -2.24. The van der Waals surface area contributed by atoms with Crippen LogP contribution in [0.2, 0.25) is 0 Å². The normalized spacial score (nSPS) is 14.2. The van der Waals surface area contributed by atoms with E-state index >= 15 is 0 Å². The van der Waals surface area contributed by atoms with E-state index in [1.807, 2.05) is 0 Å². The number of rotatable bonds is 5. The zero-order valence-electron chi connectivity index (χ0n) is 9.63. The SMILES string of the molecule is CC(CC(CN)C(=O)O)c1cc(O)ccc1O. The second-order valence-corrected chi connectivity index (χ2v) is 4.15. The molecule has 5 heteroatoms. The molecule has 0 amide bonds. The van der Waals surface area contributed by atoms with Crippen LogP contribution in [-0.2, 0) is 4.79 Å². The number of hydrogen-bond acceptors (Lipinski definition) is 4. The second kappa shape index (κ2) is 5.54. The van der Waals surface area contributed by atoms with Gasteiger partial charge in [0, 0.05) is 12.1 Å². The van der Waals surface area contributed by atoms with Crippen molar-refractivity contribution < 1.29 is 20.1 Å². The fourth-order valence-corrected chi connectivity index (χ4v) is 1.79. The van der Waals surface area contributed by atoms with Gasteiger partial charge in [-0.1, -0.05) is 6.92 Å². The van der Waals surface area contributed by atoms with Crippen LogP contribution in [0.5, 0.6) is 11.5 Å². The van der Waals surface area contributed by atoms with E-state index in [1.165, 1.54) is 18.2 Å². The van der Waals surface area contributed by atoms with Crippen molar-refractivity contribution in [3.63, 3.8) is 0 Å². The van der Waals surface area contributed by atoms with Gasteiger partial charge in [-0.15, -0.1) is 0 Å². The summed E-state index contributed by atoms with van der Waals surface area (Å²) in [4.78, 5) is 10.9. The number of aliphatic carboxylic acids is 1. The molecule has 0 fully saturated rings. The van der Waals surface area contributed by atoms with E-state index in [-0.39, 0.29) is 24.0 Å². The molecule has 1 rings (SSSR count). The van der Waals surface area contributed by atoms with Gasteiger partial charge < -0.3 is 21.1 Å². The molecule has 5 N–H and O–H groups in total. The summed E-state index contributed by atoms with van der Waals surface area (Å²) in [5.74, 6) is -1.68. The first-order valence-electron chi connectivity index (χ1n) is 5.40. The Balaban J connectivity index is 2.85. The highest BCUT2D eigenvalue weighted by atomic mass is 16.4. The fraction of sp³-hybridized carbons (Fsp3) is 0.417. The standard InChI is InChI=1S/C12H17NO4/c1-7(4-8(6-13)12(16)17)10-5-9(14)2-3-11(10)15/h2-3,5,7-8,14-15H,4,6,13H2,1H3,(H,16,17). The van der Waals surface area contributed by atoms with Gasteiger partial charge >= 0.3 is 5.97 Å². The Labute approximate surface area is 99.5 Å². The summed E-state index contributed by atoms with van der Waals surface area (Å²) in [6.07, 6.45) is 0.322. The number of aromatic hydroxyl groups is 2. The van der Waals surface area contributed by atoms with E-state index in [0.29, 0.717) is 12.0 Å². The van der Waals surface area contributed by atoms with Gasteiger partial charge in [0.15, 0.2) is 0 Å². The first-order chi connectivity index (χ1) is 7.95. The smallest absolute Gasteiger partial charge is 0.307 e. The van der Waals surface area contributed by atoms with Crippen LogP contribution >= 0.6 is 0 Å². The maximum Gasteiger partial charge on any atom is 0.307 e. The Hall–Kier alpha value is -1.75. The van der Waals surface area contributed by atoms with Crippen molar-refractivity contribution in [1.82, 2.24) is 0 Å². The third-order valence-electron chi connectivity index (χ3n) is 2.81. The molecule has 0 saturated carbocycles. The third kappa shape index (κ3) is 3.35. The lowest BCUT2D eigenvalue weighted by Gasteiger charge is -2.17. The topological polar surface area (TPSA) is 104 Å². The summed E-state index contributed by atoms with van der Waals surface area (Å²) >= 11 is 0. The number of phenolic OH excluding ortho intramolecular Hbond substituents is 2. The molecule has 0 aliphatic rings. The van der Waals surface area contributed by atoms with Crippen LogP contribution in [-0.4, -0.2) is 27.8 Å². The number of carboxylic acid groups (broad SMARTS) is 1. The van der Waals surface area contributed by atoms with E-state index in [9.17, 15) is 15.0 Å². The highest BCUT2D eigenvalue weighted by molar-refractivity contribution is 5.70. The molecule has 1 aromatic carbocycles. The largest absolute Gasteiger partial charge is 0.508 e. The molecule has 2 atom stereocenters. The molecule has 1 aromatic rings. The lowest BCUT2D eigenvalue weighted by molar-refractivity contribution is -0.141. The molecule has 17 heavy (non-hydrogen) atoms. The Morgan fingerprint density at radius 2 is 2.06 bits per heavy atom. The van der Waals surface area contributed by atoms with Crippen LogP contribution in [0.4, 0.5) is 0 Å². The van der Waals surface area contributed by atoms with Crippen LogP contribution in [0, 0.1) is 5.92 Å². The molecule has 0 aliphatic carbocycles. The highest BCUT2D eigenvalue weighted by Crippen LogP contribution is 2.32. The Kier molecular flexibility index (Phi) is 4.34. The summed E-state index contributed by atoms with van der Waals surface area (Å²) in [7, 11) is 0. The van der Waals surface area contributed by atoms with Crippen molar-refractivity contribution >= 4 is 5.97 Å². The van der Waals surface area contributed by atoms with Gasteiger partial charge in [-0.25, -0.2) is 0 Å². The molecule has 0 radical (unpaired) electrons. The van der Waals surface area contributed by atoms with Gasteiger partial charge in [0.25, 0.3) is 0 Å². The third-order valence-corrected chi connectivity index (χ3v) is 2.81. The minimum atomic E-state index is -0.945. The first kappa shape index (κ1) is 13.3. The fourth-order valence-electron chi connectivity index (χ4n) is 1.79. The molecule has 0 spiro atoms. The van der Waals surface area contributed by atoms with Gasteiger partial charge in [0.2, 0.25) is 0 Å². The molecule has 0 saturated heterocycles. The van der Waals surface area contributed by atoms with Gasteiger partial charge in [-0.3, -0.25) is 4.79 Å². The number of nitrogens with two attached hydrogens (primary N) is 1. The van der Waals surface area contributed by atoms with Crippen LogP contribution in [0.3, 0.4) is 0 Å². The first-order valence-corrected chi connectivity index (χ1v) is 5.40. The van der Waals surface area contributed by atoms with Crippen molar-refractivity contribution in [1.29, 1.82) is 0 Å². The summed E-state index contributed by atoms with van der Waals surface area (Å²) in [6.45, 7) is 1.85. The lowest BCUT2D eigenvalue weighted by atomic mass is 9.89. The highest BCUT2D eigenvalue weighted by Gasteiger charge is 2.21. The van der Waals surface area contributed by atoms with Gasteiger partial charge in [0.1, 0.15) is 11.5 Å². The number of benzene rings is 1. The molecular formula is C12H17NO4. The van der Waals surface area contributed by atoms with Crippen molar-refractivity contribution in [2.75, 3.05) is 6.54 Å². The zero-order chi connectivity index (χ0) is 13.0. The molecular weight excluding hydrogens is 222 g/mol. The summed E-state index contributed by atoms with van der Waals surface area (Å²) < 4.78 is 0. The molecule has 0 bridgehead atoms. The Morgan fingerprint density at radius 3 is 2.59 bits per heavy atom. The van der Waals surface area contributed by atoms with Crippen LogP contribution in [0.25, 0.3) is 0 Å². The molecule has 0 aromatic heterocycles. The average Bonchev–Trinajstić information content (AvgIpc) is 2.28.